The molecule has 0 radical (unpaired) electrons. The highest BCUT2D eigenvalue weighted by molar-refractivity contribution is 7.80. The van der Waals surface area contributed by atoms with Crippen molar-refractivity contribution in [1.29, 1.82) is 0 Å². The molecule has 0 fully saturated rings. The largest absolute Gasteiger partial charge is 0.416 e. The number of rotatable bonds is 6. The van der Waals surface area contributed by atoms with Gasteiger partial charge in [-0.3, -0.25) is 4.79 Å². The number of amides is 1. The summed E-state index contributed by atoms with van der Waals surface area (Å²) in [4.78, 5) is 11.9. The average molecular weight is 451 g/mol. The molecule has 30 heavy (non-hydrogen) atoms. The monoisotopic (exact) mass is 451 g/mol. The van der Waals surface area contributed by atoms with E-state index >= 15 is 0 Å². The van der Waals surface area contributed by atoms with Gasteiger partial charge < -0.3 is 16.0 Å². The molecule has 1 aromatic heterocycles. The molecule has 0 unspecified atom stereocenters. The van der Waals surface area contributed by atoms with E-state index in [1.165, 1.54) is 6.07 Å². The van der Waals surface area contributed by atoms with Crippen LogP contribution >= 0.6 is 23.8 Å². The summed E-state index contributed by atoms with van der Waals surface area (Å²) in [5.74, 6) is -0.351. The van der Waals surface area contributed by atoms with Crippen molar-refractivity contribution in [3.63, 3.8) is 0 Å². The standard InChI is InChI=1S/C19H16F3N5OS2/c20-19(21,22)13-3-1-2-12(10-13)8-9-23-18(29)25-15-6-4-14(5-7-15)24-17(28)16-11-30-27-26-16/h1-7,10-11H,8-9H2,(H,24,28)(H2,23,25,29). The van der Waals surface area contributed by atoms with Crippen LogP contribution in [0.2, 0.25) is 0 Å². The minimum Gasteiger partial charge on any atom is -0.362 e. The van der Waals surface area contributed by atoms with Crippen LogP contribution in [0.3, 0.4) is 0 Å². The molecule has 3 rings (SSSR count). The zero-order valence-electron chi connectivity index (χ0n) is 15.4. The van der Waals surface area contributed by atoms with Crippen molar-refractivity contribution < 1.29 is 18.0 Å². The van der Waals surface area contributed by atoms with Crippen molar-refractivity contribution in [1.82, 2.24) is 14.9 Å². The van der Waals surface area contributed by atoms with Gasteiger partial charge in [-0.25, -0.2) is 0 Å². The van der Waals surface area contributed by atoms with Crippen LogP contribution in [0.25, 0.3) is 0 Å². The second kappa shape index (κ2) is 9.63. The lowest BCUT2D eigenvalue weighted by molar-refractivity contribution is -0.137. The van der Waals surface area contributed by atoms with Crippen LogP contribution in [0.5, 0.6) is 0 Å². The quantitative estimate of drug-likeness (QED) is 0.484. The molecule has 0 spiro atoms. The van der Waals surface area contributed by atoms with Crippen LogP contribution in [0, 0.1) is 0 Å². The summed E-state index contributed by atoms with van der Waals surface area (Å²) in [6, 6.07) is 12.1. The maximum Gasteiger partial charge on any atom is 0.416 e. The normalized spacial score (nSPS) is 11.0. The van der Waals surface area contributed by atoms with Crippen LogP contribution < -0.4 is 16.0 Å². The second-order valence-corrected chi connectivity index (χ2v) is 7.17. The lowest BCUT2D eigenvalue weighted by Crippen LogP contribution is -2.30. The van der Waals surface area contributed by atoms with Crippen LogP contribution in [-0.2, 0) is 12.6 Å². The molecule has 11 heteroatoms. The predicted octanol–water partition coefficient (Wildman–Crippen LogP) is 4.34. The fourth-order valence-corrected chi connectivity index (χ4v) is 3.15. The molecule has 0 atom stereocenters. The molecule has 0 saturated carbocycles. The Morgan fingerprint density at radius 2 is 1.77 bits per heavy atom. The van der Waals surface area contributed by atoms with E-state index in [4.69, 9.17) is 12.2 Å². The summed E-state index contributed by atoms with van der Waals surface area (Å²) in [5, 5.41) is 14.2. The van der Waals surface area contributed by atoms with Gasteiger partial charge in [-0.1, -0.05) is 22.7 Å². The summed E-state index contributed by atoms with van der Waals surface area (Å²) in [7, 11) is 0. The fourth-order valence-electron chi connectivity index (χ4n) is 2.49. The van der Waals surface area contributed by atoms with Crippen LogP contribution in [0.1, 0.15) is 21.6 Å². The van der Waals surface area contributed by atoms with Crippen molar-refractivity contribution >= 4 is 46.1 Å². The zero-order valence-corrected chi connectivity index (χ0v) is 17.0. The molecule has 0 aliphatic heterocycles. The van der Waals surface area contributed by atoms with E-state index in [0.717, 1.165) is 23.7 Å². The third-order valence-corrected chi connectivity index (χ3v) is 4.70. The third-order valence-electron chi connectivity index (χ3n) is 3.95. The summed E-state index contributed by atoms with van der Waals surface area (Å²) < 4.78 is 41.9. The van der Waals surface area contributed by atoms with Crippen molar-refractivity contribution in [2.45, 2.75) is 12.6 Å². The Labute approximate surface area is 179 Å². The number of nitrogens with one attached hydrogen (secondary N) is 3. The van der Waals surface area contributed by atoms with Crippen molar-refractivity contribution in [3.8, 4) is 0 Å². The summed E-state index contributed by atoms with van der Waals surface area (Å²) in [5.41, 5.74) is 1.42. The number of carbonyl (C=O) groups is 1. The number of nitrogens with zero attached hydrogens (tertiary/aromatic N) is 2. The highest BCUT2D eigenvalue weighted by Crippen LogP contribution is 2.29. The van der Waals surface area contributed by atoms with E-state index in [9.17, 15) is 18.0 Å². The number of alkyl halides is 3. The van der Waals surface area contributed by atoms with Crippen molar-refractivity contribution in [3.05, 3.63) is 70.7 Å². The Morgan fingerprint density at radius 1 is 1.07 bits per heavy atom. The summed E-state index contributed by atoms with van der Waals surface area (Å²) >= 11 is 6.30. The molecule has 1 amide bonds. The molecule has 1 heterocycles. The Kier molecular flexibility index (Phi) is 6.95. The minimum atomic E-state index is -4.36. The van der Waals surface area contributed by atoms with Gasteiger partial charge in [-0.15, -0.1) is 5.10 Å². The van der Waals surface area contributed by atoms with Gasteiger partial charge in [-0.05, 0) is 66.1 Å². The van der Waals surface area contributed by atoms with Gasteiger partial charge in [0, 0.05) is 23.3 Å². The summed E-state index contributed by atoms with van der Waals surface area (Å²) in [6.45, 7) is 0.378. The fraction of sp³-hybridized carbons (Fsp3) is 0.158. The predicted molar refractivity (Wildman–Crippen MR) is 114 cm³/mol. The maximum atomic E-state index is 12.8. The van der Waals surface area contributed by atoms with Gasteiger partial charge in [0.1, 0.15) is 0 Å². The van der Waals surface area contributed by atoms with Gasteiger partial charge in [-0.2, -0.15) is 13.2 Å². The number of carbonyl (C=O) groups excluding carboxylic acids is 1. The maximum absolute atomic E-state index is 12.8. The lowest BCUT2D eigenvalue weighted by Gasteiger charge is -2.12. The second-order valence-electron chi connectivity index (χ2n) is 6.15. The first kappa shape index (κ1) is 21.7. The number of halogens is 3. The first-order valence-corrected chi connectivity index (χ1v) is 9.95. The van der Waals surface area contributed by atoms with E-state index in [1.807, 2.05) is 0 Å². The number of anilines is 2. The van der Waals surface area contributed by atoms with Crippen molar-refractivity contribution in [2.75, 3.05) is 17.2 Å². The molecule has 3 N–H and O–H groups in total. The molecule has 0 saturated heterocycles. The minimum absolute atomic E-state index is 0.244. The highest BCUT2D eigenvalue weighted by Gasteiger charge is 2.30. The average Bonchev–Trinajstić information content (AvgIpc) is 3.24. The van der Waals surface area contributed by atoms with E-state index < -0.39 is 11.7 Å². The van der Waals surface area contributed by atoms with Crippen LogP contribution in [-0.4, -0.2) is 27.2 Å². The Bertz CT molecular complexity index is 1010. The van der Waals surface area contributed by atoms with Gasteiger partial charge in [0.2, 0.25) is 0 Å². The zero-order chi connectivity index (χ0) is 21.6. The first-order chi connectivity index (χ1) is 14.3. The number of thiocarbonyl (C=S) groups is 1. The molecular formula is C19H16F3N5OS2. The van der Waals surface area contributed by atoms with Gasteiger partial charge >= 0.3 is 6.18 Å². The Morgan fingerprint density at radius 3 is 2.40 bits per heavy atom. The highest BCUT2D eigenvalue weighted by atomic mass is 32.1. The number of hydrogen-bond acceptors (Lipinski definition) is 5. The van der Waals surface area contributed by atoms with E-state index in [0.29, 0.717) is 35.0 Å². The van der Waals surface area contributed by atoms with Crippen molar-refractivity contribution in [2.24, 2.45) is 0 Å². The van der Waals surface area contributed by atoms with Gasteiger partial charge in [0.05, 0.1) is 5.56 Å². The summed E-state index contributed by atoms with van der Waals surface area (Å²) in [6.07, 6.45) is -3.97. The van der Waals surface area contributed by atoms with Gasteiger partial charge in [0.15, 0.2) is 10.8 Å². The van der Waals surface area contributed by atoms with Gasteiger partial charge in [0.25, 0.3) is 5.91 Å². The molecule has 0 aliphatic carbocycles. The van der Waals surface area contributed by atoms with Crippen LogP contribution in [0.4, 0.5) is 24.5 Å². The topological polar surface area (TPSA) is 78.9 Å². The molecule has 2 aromatic carbocycles. The third kappa shape index (κ3) is 6.22. The van der Waals surface area contributed by atoms with E-state index in [-0.39, 0.29) is 11.6 Å². The van der Waals surface area contributed by atoms with E-state index in [2.05, 4.69) is 25.5 Å². The lowest BCUT2D eigenvalue weighted by atomic mass is 10.1. The van der Waals surface area contributed by atoms with E-state index in [1.54, 1.807) is 35.7 Å². The molecule has 0 aliphatic rings. The number of benzene rings is 2. The smallest absolute Gasteiger partial charge is 0.362 e. The molecule has 3 aromatic rings. The molecule has 156 valence electrons. The molecular weight excluding hydrogens is 435 g/mol. The Balaban J connectivity index is 1.45. The number of aromatic nitrogens is 2. The molecule has 6 nitrogen and oxygen atoms in total. The number of hydrogen-bond donors (Lipinski definition) is 3. The van der Waals surface area contributed by atoms with Crippen LogP contribution in [0.15, 0.2) is 53.9 Å². The molecule has 0 bridgehead atoms. The SMILES string of the molecule is O=C(Nc1ccc(NC(=S)NCCc2cccc(C(F)(F)F)c2)cc1)c1csnn1. The first-order valence-electron chi connectivity index (χ1n) is 8.71. The Hall–Kier alpha value is -3.05.